The summed E-state index contributed by atoms with van der Waals surface area (Å²) in [7, 11) is -1.78. The fourth-order valence-corrected chi connectivity index (χ4v) is 5.70. The number of amides is 2. The summed E-state index contributed by atoms with van der Waals surface area (Å²) in [5.41, 5.74) is 0.902. The lowest BCUT2D eigenvalue weighted by molar-refractivity contribution is -0.384. The number of nitro groups is 1. The average molecular weight is 403 g/mol. The van der Waals surface area contributed by atoms with Crippen LogP contribution < -0.4 is 14.5 Å². The van der Waals surface area contributed by atoms with Crippen molar-refractivity contribution in [2.45, 2.75) is 12.1 Å². The summed E-state index contributed by atoms with van der Waals surface area (Å²) in [6, 6.07) is 10.9. The predicted molar refractivity (Wildman–Crippen MR) is 103 cm³/mol. The molecule has 0 bridgehead atoms. The minimum atomic E-state index is -3.31. The Morgan fingerprint density at radius 2 is 1.43 bits per heavy atom. The van der Waals surface area contributed by atoms with Crippen LogP contribution in [-0.4, -0.2) is 50.1 Å². The third kappa shape index (κ3) is 2.95. The summed E-state index contributed by atoms with van der Waals surface area (Å²) in [6.07, 6.45) is 0. The van der Waals surface area contributed by atoms with Gasteiger partial charge in [0.05, 0.1) is 35.6 Å². The van der Waals surface area contributed by atoms with Gasteiger partial charge in [0.15, 0.2) is 9.84 Å². The number of nitro benzene ring substituents is 1. The Morgan fingerprint density at radius 3 is 1.86 bits per heavy atom. The van der Waals surface area contributed by atoms with E-state index in [1.807, 2.05) is 0 Å². The molecule has 2 aliphatic heterocycles. The van der Waals surface area contributed by atoms with Gasteiger partial charge >= 0.3 is 6.03 Å². The molecule has 0 radical (unpaired) electrons. The van der Waals surface area contributed by atoms with Crippen molar-refractivity contribution in [2.24, 2.45) is 0 Å². The molecule has 0 N–H and O–H groups in total. The van der Waals surface area contributed by atoms with Crippen molar-refractivity contribution in [3.8, 4) is 5.75 Å². The number of sulfone groups is 1. The van der Waals surface area contributed by atoms with Gasteiger partial charge in [0.25, 0.3) is 5.69 Å². The van der Waals surface area contributed by atoms with Crippen LogP contribution in [0.25, 0.3) is 0 Å². The number of methoxy groups -OCH3 is 1. The van der Waals surface area contributed by atoms with Gasteiger partial charge in [-0.1, -0.05) is 0 Å². The number of carbonyl (C=O) groups excluding carboxylic acids is 1. The highest BCUT2D eigenvalue weighted by Crippen LogP contribution is 2.38. The third-order valence-corrected chi connectivity index (χ3v) is 6.76. The highest BCUT2D eigenvalue weighted by molar-refractivity contribution is 7.91. The first-order valence-corrected chi connectivity index (χ1v) is 10.3. The minimum Gasteiger partial charge on any atom is -0.497 e. The zero-order valence-corrected chi connectivity index (χ0v) is 15.7. The molecule has 2 fully saturated rings. The fraction of sp³-hybridized carbons (Fsp3) is 0.278. The lowest BCUT2D eigenvalue weighted by Gasteiger charge is -2.22. The molecule has 0 saturated carbocycles. The molecule has 2 aromatic rings. The second kappa shape index (κ2) is 6.48. The van der Waals surface area contributed by atoms with Gasteiger partial charge in [-0.05, 0) is 36.4 Å². The van der Waals surface area contributed by atoms with Crippen LogP contribution in [0.15, 0.2) is 48.5 Å². The third-order valence-electron chi connectivity index (χ3n) is 5.06. The van der Waals surface area contributed by atoms with E-state index in [-0.39, 0.29) is 23.2 Å². The number of benzene rings is 2. The molecule has 2 heterocycles. The summed E-state index contributed by atoms with van der Waals surface area (Å²) in [6.45, 7) is 0. The monoisotopic (exact) mass is 403 g/mol. The molecule has 10 heteroatoms. The van der Waals surface area contributed by atoms with Crippen molar-refractivity contribution in [3.63, 3.8) is 0 Å². The molecule has 2 atom stereocenters. The number of urea groups is 1. The van der Waals surface area contributed by atoms with Crippen LogP contribution in [0.4, 0.5) is 21.9 Å². The summed E-state index contributed by atoms with van der Waals surface area (Å²) in [4.78, 5) is 26.5. The van der Waals surface area contributed by atoms with Crippen LogP contribution in [0.1, 0.15) is 0 Å². The van der Waals surface area contributed by atoms with E-state index in [0.29, 0.717) is 17.1 Å². The lowest BCUT2D eigenvalue weighted by Crippen LogP contribution is -2.37. The second-order valence-corrected chi connectivity index (χ2v) is 8.86. The van der Waals surface area contributed by atoms with Crippen LogP contribution in [0.5, 0.6) is 5.75 Å². The van der Waals surface area contributed by atoms with Crippen molar-refractivity contribution in [3.05, 3.63) is 58.6 Å². The number of carbonyl (C=O) groups is 1. The molecule has 28 heavy (non-hydrogen) atoms. The Balaban J connectivity index is 1.74. The summed E-state index contributed by atoms with van der Waals surface area (Å²) in [5, 5.41) is 10.9. The van der Waals surface area contributed by atoms with Crippen LogP contribution in [0, 0.1) is 10.1 Å². The molecular formula is C18H17N3O6S. The lowest BCUT2D eigenvalue weighted by atomic mass is 10.1. The predicted octanol–water partition coefficient (Wildman–Crippen LogP) is 2.22. The number of fused-ring (bicyclic) bond motifs is 1. The van der Waals surface area contributed by atoms with Gasteiger partial charge in [0.2, 0.25) is 0 Å². The summed E-state index contributed by atoms with van der Waals surface area (Å²) in [5.74, 6) is 0.351. The SMILES string of the molecule is COc1ccc(N2C(=O)N(c3ccc([N+](=O)[O-])cc3)[C@@H]3CS(=O)(=O)C[C@@H]32)cc1. The zero-order chi connectivity index (χ0) is 20.1. The summed E-state index contributed by atoms with van der Waals surface area (Å²) >= 11 is 0. The molecule has 0 aromatic heterocycles. The number of rotatable bonds is 4. The van der Waals surface area contributed by atoms with Crippen LogP contribution >= 0.6 is 0 Å². The molecular weight excluding hydrogens is 386 g/mol. The Morgan fingerprint density at radius 1 is 0.964 bits per heavy atom. The maximum absolute atomic E-state index is 13.2. The molecule has 0 spiro atoms. The van der Waals surface area contributed by atoms with Crippen LogP contribution in [0.2, 0.25) is 0 Å². The standard InChI is InChI=1S/C18H17N3O6S/c1-27-15-8-6-13(7-9-15)20-17-11-28(25,26)10-16(17)19(18(20)22)12-2-4-14(5-3-12)21(23)24/h2-9,16-17H,10-11H2,1H3/t16-,17+/m1/s1. The van der Waals surface area contributed by atoms with Gasteiger partial charge in [-0.3, -0.25) is 19.9 Å². The van der Waals surface area contributed by atoms with Gasteiger partial charge in [0, 0.05) is 23.5 Å². The first-order valence-electron chi connectivity index (χ1n) is 8.52. The largest absolute Gasteiger partial charge is 0.497 e. The number of hydrogen-bond donors (Lipinski definition) is 0. The van der Waals surface area contributed by atoms with E-state index in [1.54, 1.807) is 24.3 Å². The maximum atomic E-state index is 13.2. The number of nitrogens with zero attached hydrogens (tertiary/aromatic N) is 3. The van der Waals surface area contributed by atoms with E-state index in [4.69, 9.17) is 4.74 Å². The van der Waals surface area contributed by atoms with Crippen molar-refractivity contribution in [1.29, 1.82) is 0 Å². The highest BCUT2D eigenvalue weighted by atomic mass is 32.2. The zero-order valence-electron chi connectivity index (χ0n) is 14.9. The Bertz CT molecular complexity index is 1040. The smallest absolute Gasteiger partial charge is 0.329 e. The molecule has 2 aromatic carbocycles. The van der Waals surface area contributed by atoms with E-state index in [1.165, 1.54) is 41.2 Å². The maximum Gasteiger partial charge on any atom is 0.329 e. The van der Waals surface area contributed by atoms with Crippen molar-refractivity contribution in [2.75, 3.05) is 28.4 Å². The van der Waals surface area contributed by atoms with Crippen LogP contribution in [-0.2, 0) is 9.84 Å². The van der Waals surface area contributed by atoms with E-state index >= 15 is 0 Å². The van der Waals surface area contributed by atoms with E-state index in [9.17, 15) is 23.3 Å². The normalized spacial score (nSPS) is 23.0. The molecule has 4 rings (SSSR count). The molecule has 0 unspecified atom stereocenters. The second-order valence-electron chi connectivity index (χ2n) is 6.71. The first kappa shape index (κ1) is 18.2. The Kier molecular flexibility index (Phi) is 4.22. The summed E-state index contributed by atoms with van der Waals surface area (Å²) < 4.78 is 29.7. The van der Waals surface area contributed by atoms with Crippen LogP contribution in [0.3, 0.4) is 0 Å². The van der Waals surface area contributed by atoms with Gasteiger partial charge in [-0.15, -0.1) is 0 Å². The van der Waals surface area contributed by atoms with Crippen molar-refractivity contribution < 1.29 is 22.9 Å². The molecule has 2 aliphatic rings. The molecule has 2 amide bonds. The Hall–Kier alpha value is -3.14. The molecule has 2 saturated heterocycles. The molecule has 146 valence electrons. The Labute approximate surface area is 161 Å². The van der Waals surface area contributed by atoms with Crippen molar-refractivity contribution >= 4 is 32.9 Å². The number of anilines is 2. The average Bonchev–Trinajstić information content (AvgIpc) is 3.10. The number of non-ortho nitro benzene ring substituents is 1. The fourth-order valence-electron chi connectivity index (χ4n) is 3.79. The van der Waals surface area contributed by atoms with E-state index < -0.39 is 26.8 Å². The number of ether oxygens (including phenoxy) is 1. The van der Waals surface area contributed by atoms with Crippen molar-refractivity contribution in [1.82, 2.24) is 0 Å². The van der Waals surface area contributed by atoms with Gasteiger partial charge < -0.3 is 4.74 Å². The number of hydrogen-bond acceptors (Lipinski definition) is 6. The quantitative estimate of drug-likeness (QED) is 0.440. The topological polar surface area (TPSA) is 110 Å². The minimum absolute atomic E-state index is 0.0991. The van der Waals surface area contributed by atoms with Gasteiger partial charge in [0.1, 0.15) is 5.75 Å². The van der Waals surface area contributed by atoms with E-state index in [0.717, 1.165) is 0 Å². The molecule has 9 nitrogen and oxygen atoms in total. The molecule has 0 aliphatic carbocycles. The van der Waals surface area contributed by atoms with Gasteiger partial charge in [-0.2, -0.15) is 0 Å². The van der Waals surface area contributed by atoms with Gasteiger partial charge in [-0.25, -0.2) is 13.2 Å². The van der Waals surface area contributed by atoms with E-state index in [2.05, 4.69) is 0 Å². The first-order chi connectivity index (χ1) is 13.3. The highest BCUT2D eigenvalue weighted by Gasteiger charge is 2.54.